The molecule has 1 fully saturated rings. The second-order valence-electron chi connectivity index (χ2n) is 8.18. The fourth-order valence-corrected chi connectivity index (χ4v) is 3.46. The molecule has 0 aromatic carbocycles. The van der Waals surface area contributed by atoms with Gasteiger partial charge in [-0.25, -0.2) is 4.79 Å². The molecule has 1 saturated heterocycles. The zero-order valence-corrected chi connectivity index (χ0v) is 19.0. The minimum atomic E-state index is -1.18. The third-order valence-electron chi connectivity index (χ3n) is 5.69. The molecule has 182 valence electrons. The summed E-state index contributed by atoms with van der Waals surface area (Å²) in [6.07, 6.45) is 2.23. The molecule has 5 unspecified atom stereocenters. The van der Waals surface area contributed by atoms with Crippen molar-refractivity contribution in [1.82, 2.24) is 15.5 Å². The van der Waals surface area contributed by atoms with Gasteiger partial charge in [-0.3, -0.25) is 19.4 Å². The number of guanidine groups is 1. The van der Waals surface area contributed by atoms with Gasteiger partial charge < -0.3 is 37.8 Å². The summed E-state index contributed by atoms with van der Waals surface area (Å²) in [4.78, 5) is 54.6. The van der Waals surface area contributed by atoms with E-state index in [1.165, 1.54) is 4.90 Å². The van der Waals surface area contributed by atoms with Gasteiger partial charge in [0.15, 0.2) is 5.96 Å². The van der Waals surface area contributed by atoms with E-state index in [9.17, 15) is 24.3 Å². The summed E-state index contributed by atoms with van der Waals surface area (Å²) in [5.74, 6) is -2.69. The lowest BCUT2D eigenvalue weighted by molar-refractivity contribution is -0.145. The highest BCUT2D eigenvalue weighted by atomic mass is 16.4. The molecule has 0 radical (unpaired) electrons. The predicted molar refractivity (Wildman–Crippen MR) is 119 cm³/mol. The average molecular weight is 456 g/mol. The van der Waals surface area contributed by atoms with E-state index in [-0.39, 0.29) is 24.8 Å². The molecule has 5 atom stereocenters. The van der Waals surface area contributed by atoms with E-state index in [4.69, 9.17) is 17.2 Å². The SMILES string of the molecule is CCC(C)C(N)C(=O)NC(C)C(=O)N1CCCC1C(=O)NC(CCCN=C(N)N)C(=O)O. The molecule has 0 saturated carbocycles. The Hall–Kier alpha value is -2.89. The van der Waals surface area contributed by atoms with Crippen molar-refractivity contribution in [3.05, 3.63) is 0 Å². The van der Waals surface area contributed by atoms with E-state index in [1.54, 1.807) is 6.92 Å². The third-order valence-corrected chi connectivity index (χ3v) is 5.69. The lowest BCUT2D eigenvalue weighted by atomic mass is 9.99. The Balaban J connectivity index is 2.72. The van der Waals surface area contributed by atoms with Gasteiger partial charge >= 0.3 is 5.97 Å². The normalized spacial score (nSPS) is 19.4. The first kappa shape index (κ1) is 27.1. The van der Waals surface area contributed by atoms with Gasteiger partial charge in [0.2, 0.25) is 17.7 Å². The quantitative estimate of drug-likeness (QED) is 0.115. The van der Waals surface area contributed by atoms with Gasteiger partial charge in [0, 0.05) is 13.1 Å². The molecular weight excluding hydrogens is 418 g/mol. The number of carbonyl (C=O) groups is 4. The molecule has 1 rings (SSSR count). The number of nitrogens with zero attached hydrogens (tertiary/aromatic N) is 2. The molecule has 1 heterocycles. The highest BCUT2D eigenvalue weighted by Gasteiger charge is 2.38. The Bertz CT molecular complexity index is 710. The maximum atomic E-state index is 12.9. The van der Waals surface area contributed by atoms with Crippen LogP contribution in [0.1, 0.15) is 52.9 Å². The molecule has 32 heavy (non-hydrogen) atoms. The van der Waals surface area contributed by atoms with Crippen molar-refractivity contribution in [3.63, 3.8) is 0 Å². The fraction of sp³-hybridized carbons (Fsp3) is 0.750. The number of likely N-dealkylation sites (tertiary alicyclic amines) is 1. The first-order valence-electron chi connectivity index (χ1n) is 10.9. The minimum Gasteiger partial charge on any atom is -0.480 e. The second kappa shape index (κ2) is 12.8. The number of aliphatic imine (C=N–C) groups is 1. The Morgan fingerprint density at radius 3 is 2.41 bits per heavy atom. The highest BCUT2D eigenvalue weighted by Crippen LogP contribution is 2.19. The Kier molecular flexibility index (Phi) is 10.9. The van der Waals surface area contributed by atoms with Crippen LogP contribution in [0, 0.1) is 5.92 Å². The summed E-state index contributed by atoms with van der Waals surface area (Å²) < 4.78 is 0. The Morgan fingerprint density at radius 2 is 1.84 bits per heavy atom. The molecular formula is C20H37N7O5. The Morgan fingerprint density at radius 1 is 1.19 bits per heavy atom. The number of carboxylic acids is 1. The van der Waals surface area contributed by atoms with Crippen molar-refractivity contribution in [2.75, 3.05) is 13.1 Å². The van der Waals surface area contributed by atoms with Crippen molar-refractivity contribution in [1.29, 1.82) is 0 Å². The molecule has 3 amide bonds. The average Bonchev–Trinajstić information content (AvgIpc) is 3.23. The monoisotopic (exact) mass is 455 g/mol. The van der Waals surface area contributed by atoms with Crippen molar-refractivity contribution in [3.8, 4) is 0 Å². The first-order valence-corrected chi connectivity index (χ1v) is 10.9. The summed E-state index contributed by atoms with van der Waals surface area (Å²) in [7, 11) is 0. The predicted octanol–water partition coefficient (Wildman–Crippen LogP) is -1.52. The fourth-order valence-electron chi connectivity index (χ4n) is 3.46. The van der Waals surface area contributed by atoms with Crippen molar-refractivity contribution in [2.45, 2.75) is 77.0 Å². The second-order valence-corrected chi connectivity index (χ2v) is 8.18. The molecule has 0 spiro atoms. The smallest absolute Gasteiger partial charge is 0.326 e. The zero-order chi connectivity index (χ0) is 24.4. The van der Waals surface area contributed by atoms with Gasteiger partial charge in [0.05, 0.1) is 6.04 Å². The number of rotatable bonds is 12. The largest absolute Gasteiger partial charge is 0.480 e. The van der Waals surface area contributed by atoms with Crippen LogP contribution in [0.4, 0.5) is 0 Å². The lowest BCUT2D eigenvalue weighted by Gasteiger charge is -2.29. The van der Waals surface area contributed by atoms with E-state index < -0.39 is 47.9 Å². The van der Waals surface area contributed by atoms with Crippen LogP contribution >= 0.6 is 0 Å². The zero-order valence-electron chi connectivity index (χ0n) is 19.0. The van der Waals surface area contributed by atoms with E-state index in [0.717, 1.165) is 6.42 Å². The number of hydrogen-bond donors (Lipinski definition) is 6. The van der Waals surface area contributed by atoms with Gasteiger partial charge in [-0.05, 0) is 38.5 Å². The number of carbonyl (C=O) groups excluding carboxylic acids is 3. The van der Waals surface area contributed by atoms with Gasteiger partial charge in [0.1, 0.15) is 18.1 Å². The van der Waals surface area contributed by atoms with Crippen molar-refractivity contribution >= 4 is 29.7 Å². The highest BCUT2D eigenvalue weighted by molar-refractivity contribution is 5.94. The number of carboxylic acid groups (broad SMARTS) is 1. The van der Waals surface area contributed by atoms with Crippen LogP contribution in [0.25, 0.3) is 0 Å². The molecule has 9 N–H and O–H groups in total. The number of nitrogens with one attached hydrogen (secondary N) is 2. The van der Waals surface area contributed by atoms with E-state index in [0.29, 0.717) is 25.8 Å². The topological polar surface area (TPSA) is 206 Å². The van der Waals surface area contributed by atoms with E-state index >= 15 is 0 Å². The van der Waals surface area contributed by atoms with Crippen LogP contribution in [0.15, 0.2) is 4.99 Å². The van der Waals surface area contributed by atoms with Crippen LogP contribution < -0.4 is 27.8 Å². The van der Waals surface area contributed by atoms with Gasteiger partial charge in [-0.1, -0.05) is 20.3 Å². The summed E-state index contributed by atoms with van der Waals surface area (Å²) >= 11 is 0. The summed E-state index contributed by atoms with van der Waals surface area (Å²) in [6.45, 7) is 5.90. The van der Waals surface area contributed by atoms with Crippen LogP contribution in [0.2, 0.25) is 0 Å². The Labute approximate surface area is 188 Å². The van der Waals surface area contributed by atoms with E-state index in [2.05, 4.69) is 15.6 Å². The van der Waals surface area contributed by atoms with Crippen LogP contribution in [0.3, 0.4) is 0 Å². The van der Waals surface area contributed by atoms with Gasteiger partial charge in [-0.2, -0.15) is 0 Å². The van der Waals surface area contributed by atoms with Crippen molar-refractivity contribution < 1.29 is 24.3 Å². The minimum absolute atomic E-state index is 0.0393. The van der Waals surface area contributed by atoms with Crippen LogP contribution in [-0.4, -0.2) is 76.9 Å². The maximum absolute atomic E-state index is 12.9. The molecule has 12 nitrogen and oxygen atoms in total. The molecule has 0 aromatic heterocycles. The number of amides is 3. The summed E-state index contributed by atoms with van der Waals surface area (Å²) in [6, 6.07) is -3.52. The molecule has 0 aliphatic carbocycles. The van der Waals surface area contributed by atoms with Crippen molar-refractivity contribution in [2.24, 2.45) is 28.1 Å². The van der Waals surface area contributed by atoms with E-state index in [1.807, 2.05) is 13.8 Å². The summed E-state index contributed by atoms with van der Waals surface area (Å²) in [5, 5.41) is 14.5. The van der Waals surface area contributed by atoms with Crippen LogP contribution in [0.5, 0.6) is 0 Å². The standard InChI is InChI=1S/C20H37N7O5/c1-4-11(2)15(21)17(29)25-12(3)18(30)27-10-6-8-14(27)16(28)26-13(19(31)32)7-5-9-24-20(22)23/h11-15H,4-10,21H2,1-3H3,(H,25,29)(H,26,28)(H,31,32)(H4,22,23,24). The third kappa shape index (κ3) is 7.98. The molecule has 12 heteroatoms. The van der Waals surface area contributed by atoms with Gasteiger partial charge in [-0.15, -0.1) is 0 Å². The number of hydrogen-bond acceptors (Lipinski definition) is 6. The maximum Gasteiger partial charge on any atom is 0.326 e. The summed E-state index contributed by atoms with van der Waals surface area (Å²) in [5.41, 5.74) is 16.4. The molecule has 1 aliphatic heterocycles. The molecule has 1 aliphatic rings. The first-order chi connectivity index (χ1) is 15.0. The van der Waals surface area contributed by atoms with Crippen LogP contribution in [-0.2, 0) is 19.2 Å². The van der Waals surface area contributed by atoms with Gasteiger partial charge in [0.25, 0.3) is 0 Å². The molecule has 0 bridgehead atoms. The number of aliphatic carboxylic acids is 1. The number of nitrogens with two attached hydrogens (primary N) is 3. The lowest BCUT2D eigenvalue weighted by Crippen LogP contribution is -2.56. The molecule has 0 aromatic rings.